The molecule has 132 valence electrons. The number of anilines is 1. The third-order valence-corrected chi connectivity index (χ3v) is 3.05. The number of nitrogens with zero attached hydrogens (tertiary/aromatic N) is 1. The Morgan fingerprint density at radius 1 is 1.12 bits per heavy atom. The first-order valence-electron chi connectivity index (χ1n) is 7.75. The zero-order chi connectivity index (χ0) is 17.9. The van der Waals surface area contributed by atoms with Gasteiger partial charge in [0, 0.05) is 38.3 Å². The minimum Gasteiger partial charge on any atom is -0.489 e. The third kappa shape index (κ3) is 7.64. The predicted molar refractivity (Wildman–Crippen MR) is 91.7 cm³/mol. The number of ether oxygens (including phenoxy) is 1. The van der Waals surface area contributed by atoms with E-state index < -0.39 is 11.9 Å². The van der Waals surface area contributed by atoms with Crippen molar-refractivity contribution >= 4 is 17.6 Å². The molecule has 0 bridgehead atoms. The van der Waals surface area contributed by atoms with Gasteiger partial charge in [0.15, 0.2) is 0 Å². The fraction of sp³-hybridized carbons (Fsp3) is 0.412. The van der Waals surface area contributed by atoms with Crippen LogP contribution in [0.2, 0.25) is 0 Å². The molecule has 0 amide bonds. The molecule has 0 saturated carbocycles. The maximum absolute atomic E-state index is 9.55. The summed E-state index contributed by atoms with van der Waals surface area (Å²) in [6.45, 7) is 8.34. The van der Waals surface area contributed by atoms with Crippen molar-refractivity contribution in [3.05, 3.63) is 36.4 Å². The molecule has 2 rings (SSSR count). The zero-order valence-electron chi connectivity index (χ0n) is 13.9. The molecule has 1 saturated heterocycles. The molecule has 7 nitrogen and oxygen atoms in total. The Labute approximate surface area is 141 Å². The summed E-state index contributed by atoms with van der Waals surface area (Å²) < 4.78 is 5.84. The van der Waals surface area contributed by atoms with Gasteiger partial charge in [-0.05, 0) is 26.0 Å². The van der Waals surface area contributed by atoms with Crippen LogP contribution >= 0.6 is 0 Å². The number of carboxylic acid groups (broad SMARTS) is 2. The van der Waals surface area contributed by atoms with E-state index in [0.717, 1.165) is 31.9 Å². The minimum atomic E-state index is -1.26. The van der Waals surface area contributed by atoms with Crippen molar-refractivity contribution in [3.8, 4) is 5.75 Å². The fourth-order valence-electron chi connectivity index (χ4n) is 2.12. The second kappa shape index (κ2) is 10.3. The maximum atomic E-state index is 9.55. The van der Waals surface area contributed by atoms with Gasteiger partial charge in [-0.1, -0.05) is 12.1 Å². The summed E-state index contributed by atoms with van der Waals surface area (Å²) in [7, 11) is 0. The van der Waals surface area contributed by atoms with Gasteiger partial charge in [-0.2, -0.15) is 0 Å². The Morgan fingerprint density at radius 3 is 2.17 bits per heavy atom. The second-order valence-electron chi connectivity index (χ2n) is 5.38. The lowest BCUT2D eigenvalue weighted by atomic mass is 10.2. The predicted octanol–water partition coefficient (Wildman–Crippen LogP) is 1.60. The van der Waals surface area contributed by atoms with E-state index in [1.54, 1.807) is 0 Å². The second-order valence-corrected chi connectivity index (χ2v) is 5.38. The lowest BCUT2D eigenvalue weighted by molar-refractivity contribution is -0.134. The van der Waals surface area contributed by atoms with Crippen LogP contribution in [0.15, 0.2) is 36.4 Å². The van der Waals surface area contributed by atoms with Crippen molar-refractivity contribution < 1.29 is 24.5 Å². The van der Waals surface area contributed by atoms with Crippen LogP contribution in [0.25, 0.3) is 0 Å². The SMILES string of the molecule is CC(C)Oc1ccccc1N1CCNCC1.O=C(O)C=CC(=O)O. The van der Waals surface area contributed by atoms with Gasteiger partial charge in [0.1, 0.15) is 5.75 Å². The minimum absolute atomic E-state index is 0.226. The fourth-order valence-corrected chi connectivity index (χ4v) is 2.12. The molecule has 1 aromatic carbocycles. The molecule has 1 aromatic rings. The molecule has 0 spiro atoms. The van der Waals surface area contributed by atoms with Crippen LogP contribution in [0.3, 0.4) is 0 Å². The van der Waals surface area contributed by atoms with Gasteiger partial charge in [-0.3, -0.25) is 0 Å². The number of carboxylic acids is 2. The Hall–Kier alpha value is -2.54. The first-order valence-corrected chi connectivity index (χ1v) is 7.75. The molecular weight excluding hydrogens is 312 g/mol. The molecule has 0 aromatic heterocycles. The summed E-state index contributed by atoms with van der Waals surface area (Å²) in [6.07, 6.45) is 1.34. The molecule has 1 fully saturated rings. The quantitative estimate of drug-likeness (QED) is 0.702. The van der Waals surface area contributed by atoms with Crippen LogP contribution in [0.1, 0.15) is 13.8 Å². The van der Waals surface area contributed by atoms with Crippen molar-refractivity contribution in [1.82, 2.24) is 5.32 Å². The Morgan fingerprint density at radius 2 is 1.67 bits per heavy atom. The molecule has 7 heteroatoms. The van der Waals surface area contributed by atoms with Crippen LogP contribution in [0.4, 0.5) is 5.69 Å². The Balaban J connectivity index is 0.000000307. The molecule has 1 aliphatic rings. The molecule has 0 radical (unpaired) electrons. The largest absolute Gasteiger partial charge is 0.489 e. The Bertz CT molecular complexity index is 550. The highest BCUT2D eigenvalue weighted by Gasteiger charge is 2.14. The van der Waals surface area contributed by atoms with E-state index in [-0.39, 0.29) is 6.10 Å². The normalized spacial score (nSPS) is 14.2. The van der Waals surface area contributed by atoms with Gasteiger partial charge in [0.25, 0.3) is 0 Å². The van der Waals surface area contributed by atoms with E-state index in [1.807, 2.05) is 6.07 Å². The average molecular weight is 336 g/mol. The van der Waals surface area contributed by atoms with E-state index in [0.29, 0.717) is 12.2 Å². The lowest BCUT2D eigenvalue weighted by Gasteiger charge is -2.31. The summed E-state index contributed by atoms with van der Waals surface area (Å²) in [5.74, 6) is -1.51. The van der Waals surface area contributed by atoms with Crippen molar-refractivity contribution in [3.63, 3.8) is 0 Å². The third-order valence-electron chi connectivity index (χ3n) is 3.05. The van der Waals surface area contributed by atoms with Gasteiger partial charge in [0.2, 0.25) is 0 Å². The highest BCUT2D eigenvalue weighted by Crippen LogP contribution is 2.28. The molecule has 24 heavy (non-hydrogen) atoms. The number of aliphatic carboxylic acids is 2. The van der Waals surface area contributed by atoms with Crippen LogP contribution in [-0.2, 0) is 9.59 Å². The number of benzene rings is 1. The molecule has 1 heterocycles. The van der Waals surface area contributed by atoms with Crippen LogP contribution in [0, 0.1) is 0 Å². The summed E-state index contributed by atoms with van der Waals surface area (Å²) in [4.78, 5) is 21.5. The number of hydrogen-bond donors (Lipinski definition) is 3. The van der Waals surface area contributed by atoms with Crippen molar-refractivity contribution in [2.45, 2.75) is 20.0 Å². The van der Waals surface area contributed by atoms with Crippen LogP contribution < -0.4 is 15.0 Å². The van der Waals surface area contributed by atoms with Gasteiger partial charge in [0.05, 0.1) is 11.8 Å². The molecule has 0 unspecified atom stereocenters. The highest BCUT2D eigenvalue weighted by atomic mass is 16.5. The molecule has 0 atom stereocenters. The monoisotopic (exact) mass is 336 g/mol. The molecule has 1 aliphatic heterocycles. The van der Waals surface area contributed by atoms with Crippen molar-refractivity contribution in [2.75, 3.05) is 31.1 Å². The van der Waals surface area contributed by atoms with E-state index in [1.165, 1.54) is 5.69 Å². The van der Waals surface area contributed by atoms with E-state index in [4.69, 9.17) is 14.9 Å². The smallest absolute Gasteiger partial charge is 0.328 e. The lowest BCUT2D eigenvalue weighted by Crippen LogP contribution is -2.43. The summed E-state index contributed by atoms with van der Waals surface area (Å²) in [5.41, 5.74) is 1.22. The number of nitrogens with one attached hydrogen (secondary N) is 1. The highest BCUT2D eigenvalue weighted by molar-refractivity contribution is 5.89. The standard InChI is InChI=1S/C13H20N2O.C4H4O4/c1-11(2)16-13-6-4-3-5-12(13)15-9-7-14-8-10-15;5-3(6)1-2-4(7)8/h3-6,11,14H,7-10H2,1-2H3;1-2H,(H,5,6)(H,7,8). The topological polar surface area (TPSA) is 99.1 Å². The van der Waals surface area contributed by atoms with Gasteiger partial charge >= 0.3 is 11.9 Å². The van der Waals surface area contributed by atoms with E-state index in [9.17, 15) is 9.59 Å². The van der Waals surface area contributed by atoms with Gasteiger partial charge < -0.3 is 25.2 Å². The van der Waals surface area contributed by atoms with Crippen LogP contribution in [-0.4, -0.2) is 54.4 Å². The first kappa shape index (κ1) is 19.5. The summed E-state index contributed by atoms with van der Waals surface area (Å²) in [6, 6.07) is 8.30. The number of carbonyl (C=O) groups is 2. The van der Waals surface area contributed by atoms with Crippen molar-refractivity contribution in [1.29, 1.82) is 0 Å². The molecular formula is C17H24N2O5. The maximum Gasteiger partial charge on any atom is 0.328 e. The number of hydrogen-bond acceptors (Lipinski definition) is 5. The first-order chi connectivity index (χ1) is 11.4. The van der Waals surface area contributed by atoms with Crippen molar-refractivity contribution in [2.24, 2.45) is 0 Å². The van der Waals surface area contributed by atoms with Crippen LogP contribution in [0.5, 0.6) is 5.75 Å². The summed E-state index contributed by atoms with van der Waals surface area (Å²) >= 11 is 0. The Kier molecular flexibility index (Phi) is 8.35. The number of rotatable bonds is 5. The zero-order valence-corrected chi connectivity index (χ0v) is 13.9. The van der Waals surface area contributed by atoms with E-state index >= 15 is 0 Å². The number of para-hydroxylation sites is 2. The number of piperazine rings is 1. The van der Waals surface area contributed by atoms with E-state index in [2.05, 4.69) is 42.3 Å². The molecule has 0 aliphatic carbocycles. The average Bonchev–Trinajstić information content (AvgIpc) is 2.54. The van der Waals surface area contributed by atoms with Gasteiger partial charge in [-0.25, -0.2) is 9.59 Å². The van der Waals surface area contributed by atoms with Gasteiger partial charge in [-0.15, -0.1) is 0 Å². The summed E-state index contributed by atoms with van der Waals surface area (Å²) in [5, 5.41) is 19.0. The molecule has 3 N–H and O–H groups in total.